The third-order valence-corrected chi connectivity index (χ3v) is 2.95. The van der Waals surface area contributed by atoms with Crippen LogP contribution in [0, 0.1) is 0 Å². The van der Waals surface area contributed by atoms with Gasteiger partial charge in [-0.25, -0.2) is 0 Å². The highest BCUT2D eigenvalue weighted by Gasteiger charge is 2.18. The summed E-state index contributed by atoms with van der Waals surface area (Å²) >= 11 is 0. The fraction of sp³-hybridized carbons (Fsp3) is 0.267. The summed E-state index contributed by atoms with van der Waals surface area (Å²) in [5, 5.41) is 7.58. The number of rotatable bonds is 6. The molecule has 0 unspecified atom stereocenters. The average molecular weight is 287 g/mol. The number of nitrogens with zero attached hydrogens (tertiary/aromatic N) is 2. The third-order valence-electron chi connectivity index (χ3n) is 2.95. The second-order valence-corrected chi connectivity index (χ2v) is 4.45. The molecule has 0 aliphatic carbocycles. The van der Waals surface area contributed by atoms with Crippen molar-refractivity contribution < 1.29 is 14.3 Å². The van der Waals surface area contributed by atoms with E-state index in [9.17, 15) is 9.59 Å². The Morgan fingerprint density at radius 2 is 2.29 bits per heavy atom. The summed E-state index contributed by atoms with van der Waals surface area (Å²) < 4.78 is 4.88. The fourth-order valence-corrected chi connectivity index (χ4v) is 2.00. The number of benzene rings is 1. The second-order valence-electron chi connectivity index (χ2n) is 4.45. The monoisotopic (exact) mass is 287 g/mol. The maximum Gasteiger partial charge on any atom is 0.325 e. The molecule has 0 spiro atoms. The molecule has 0 fully saturated rings. The fourth-order valence-electron chi connectivity index (χ4n) is 2.00. The standard InChI is InChI=1S/C15H17N3O3/c1-3-7-18(10-14(19)21-4-2)15(20)11-5-6-13-12(8-11)9-16-17-13/h3,5-6,8-9H,1,4,7,10H2,2H3,(H,16,17). The highest BCUT2D eigenvalue weighted by atomic mass is 16.5. The van der Waals surface area contributed by atoms with Gasteiger partial charge in [0.05, 0.1) is 18.3 Å². The van der Waals surface area contributed by atoms with E-state index in [0.717, 1.165) is 10.9 Å². The predicted octanol–water partition coefficient (Wildman–Crippen LogP) is 1.75. The van der Waals surface area contributed by atoms with E-state index in [2.05, 4.69) is 16.8 Å². The van der Waals surface area contributed by atoms with Crippen LogP contribution in [-0.4, -0.2) is 46.7 Å². The zero-order chi connectivity index (χ0) is 15.2. The number of H-pyrrole nitrogens is 1. The highest BCUT2D eigenvalue weighted by Crippen LogP contribution is 2.14. The predicted molar refractivity (Wildman–Crippen MR) is 78.8 cm³/mol. The molecule has 1 amide bonds. The Bertz CT molecular complexity index is 663. The molecule has 2 aromatic rings. The quantitative estimate of drug-likeness (QED) is 0.649. The molecule has 0 saturated carbocycles. The second kappa shape index (κ2) is 6.69. The van der Waals surface area contributed by atoms with Gasteiger partial charge in [-0.2, -0.15) is 5.10 Å². The third kappa shape index (κ3) is 3.47. The minimum atomic E-state index is -0.433. The molecule has 1 aromatic carbocycles. The van der Waals surface area contributed by atoms with Gasteiger partial charge >= 0.3 is 5.97 Å². The summed E-state index contributed by atoms with van der Waals surface area (Å²) in [4.78, 5) is 25.4. The van der Waals surface area contributed by atoms with Crippen molar-refractivity contribution in [2.45, 2.75) is 6.92 Å². The molecule has 0 bridgehead atoms. The number of amides is 1. The largest absolute Gasteiger partial charge is 0.465 e. The number of hydrogen-bond acceptors (Lipinski definition) is 4. The van der Waals surface area contributed by atoms with E-state index in [1.807, 2.05) is 0 Å². The molecule has 1 heterocycles. The first-order valence-corrected chi connectivity index (χ1v) is 6.64. The van der Waals surface area contributed by atoms with Crippen molar-refractivity contribution in [3.63, 3.8) is 0 Å². The highest BCUT2D eigenvalue weighted by molar-refractivity contribution is 5.99. The molecule has 0 atom stereocenters. The van der Waals surface area contributed by atoms with Gasteiger partial charge in [0.1, 0.15) is 6.54 Å². The molecule has 1 N–H and O–H groups in total. The van der Waals surface area contributed by atoms with E-state index in [1.165, 1.54) is 4.90 Å². The van der Waals surface area contributed by atoms with Crippen LogP contribution in [0.25, 0.3) is 10.9 Å². The topological polar surface area (TPSA) is 75.3 Å². The number of aromatic nitrogens is 2. The van der Waals surface area contributed by atoms with Gasteiger partial charge < -0.3 is 9.64 Å². The smallest absolute Gasteiger partial charge is 0.325 e. The maximum absolute atomic E-state index is 12.5. The van der Waals surface area contributed by atoms with E-state index in [1.54, 1.807) is 37.4 Å². The summed E-state index contributed by atoms with van der Waals surface area (Å²) in [6.45, 7) is 5.81. The van der Waals surface area contributed by atoms with Crippen molar-refractivity contribution in [1.29, 1.82) is 0 Å². The minimum Gasteiger partial charge on any atom is -0.465 e. The lowest BCUT2D eigenvalue weighted by atomic mass is 10.1. The van der Waals surface area contributed by atoms with Crippen molar-refractivity contribution in [3.05, 3.63) is 42.6 Å². The molecular weight excluding hydrogens is 270 g/mol. The molecule has 110 valence electrons. The van der Waals surface area contributed by atoms with E-state index < -0.39 is 5.97 Å². The Kier molecular flexibility index (Phi) is 4.71. The zero-order valence-electron chi connectivity index (χ0n) is 11.8. The van der Waals surface area contributed by atoms with Gasteiger partial charge in [0, 0.05) is 17.5 Å². The van der Waals surface area contributed by atoms with Crippen LogP contribution in [0.15, 0.2) is 37.1 Å². The molecule has 0 aliphatic rings. The molecule has 6 heteroatoms. The maximum atomic E-state index is 12.5. The van der Waals surface area contributed by atoms with E-state index in [4.69, 9.17) is 4.74 Å². The van der Waals surface area contributed by atoms with Crippen LogP contribution in [0.3, 0.4) is 0 Å². The van der Waals surface area contributed by atoms with Gasteiger partial charge in [0.2, 0.25) is 0 Å². The number of aromatic amines is 1. The normalized spacial score (nSPS) is 10.3. The lowest BCUT2D eigenvalue weighted by molar-refractivity contribution is -0.143. The van der Waals surface area contributed by atoms with Gasteiger partial charge in [-0.1, -0.05) is 6.08 Å². The van der Waals surface area contributed by atoms with Crippen molar-refractivity contribution in [1.82, 2.24) is 15.1 Å². The molecule has 1 aromatic heterocycles. The van der Waals surface area contributed by atoms with Gasteiger partial charge in [-0.15, -0.1) is 6.58 Å². The van der Waals surface area contributed by atoms with E-state index >= 15 is 0 Å². The summed E-state index contributed by atoms with van der Waals surface area (Å²) in [7, 11) is 0. The van der Waals surface area contributed by atoms with Crippen LogP contribution in [0.2, 0.25) is 0 Å². The van der Waals surface area contributed by atoms with E-state index in [0.29, 0.717) is 5.56 Å². The van der Waals surface area contributed by atoms with Crippen molar-refractivity contribution >= 4 is 22.8 Å². The molecule has 6 nitrogen and oxygen atoms in total. The molecule has 2 rings (SSSR count). The zero-order valence-corrected chi connectivity index (χ0v) is 11.8. The Hall–Kier alpha value is -2.63. The molecule has 0 saturated heterocycles. The lowest BCUT2D eigenvalue weighted by Gasteiger charge is -2.20. The summed E-state index contributed by atoms with van der Waals surface area (Å²) in [6, 6.07) is 5.22. The molecule has 21 heavy (non-hydrogen) atoms. The van der Waals surface area contributed by atoms with Gasteiger partial charge in [-0.3, -0.25) is 14.7 Å². The Morgan fingerprint density at radius 3 is 3.00 bits per heavy atom. The number of fused-ring (bicyclic) bond motifs is 1. The van der Waals surface area contributed by atoms with E-state index in [-0.39, 0.29) is 25.6 Å². The van der Waals surface area contributed by atoms with Crippen LogP contribution < -0.4 is 0 Å². The number of ether oxygens (including phenoxy) is 1. The number of esters is 1. The summed E-state index contributed by atoms with van der Waals surface area (Å²) in [5.41, 5.74) is 1.35. The number of carbonyl (C=O) groups excluding carboxylic acids is 2. The summed E-state index contributed by atoms with van der Waals surface area (Å²) in [6.07, 6.45) is 3.23. The number of carbonyl (C=O) groups is 2. The van der Waals surface area contributed by atoms with Crippen LogP contribution in [0.4, 0.5) is 0 Å². The minimum absolute atomic E-state index is 0.0951. The van der Waals surface area contributed by atoms with Crippen LogP contribution in [-0.2, 0) is 9.53 Å². The average Bonchev–Trinajstić information content (AvgIpc) is 2.93. The molecular formula is C15H17N3O3. The van der Waals surface area contributed by atoms with Crippen molar-refractivity contribution in [3.8, 4) is 0 Å². The van der Waals surface area contributed by atoms with Gasteiger partial charge in [0.15, 0.2) is 0 Å². The summed E-state index contributed by atoms with van der Waals surface area (Å²) in [5.74, 6) is -0.678. The Labute approximate surface area is 122 Å². The Balaban J connectivity index is 2.19. The van der Waals surface area contributed by atoms with Gasteiger partial charge in [-0.05, 0) is 25.1 Å². The molecule has 0 radical (unpaired) electrons. The van der Waals surface area contributed by atoms with Crippen LogP contribution in [0.1, 0.15) is 17.3 Å². The first-order valence-electron chi connectivity index (χ1n) is 6.64. The Morgan fingerprint density at radius 1 is 1.48 bits per heavy atom. The van der Waals surface area contributed by atoms with Crippen LogP contribution >= 0.6 is 0 Å². The van der Waals surface area contributed by atoms with Gasteiger partial charge in [0.25, 0.3) is 5.91 Å². The number of hydrogen-bond donors (Lipinski definition) is 1. The molecule has 0 aliphatic heterocycles. The first kappa shape index (κ1) is 14.8. The number of nitrogens with one attached hydrogen (secondary N) is 1. The van der Waals surface area contributed by atoms with Crippen molar-refractivity contribution in [2.24, 2.45) is 0 Å². The van der Waals surface area contributed by atoms with Crippen LogP contribution in [0.5, 0.6) is 0 Å². The van der Waals surface area contributed by atoms with Crippen molar-refractivity contribution in [2.75, 3.05) is 19.7 Å². The lowest BCUT2D eigenvalue weighted by Crippen LogP contribution is -2.36. The SMILES string of the molecule is C=CCN(CC(=O)OCC)C(=O)c1ccc2[nH]ncc2c1. The first-order chi connectivity index (χ1) is 10.2.